The quantitative estimate of drug-likeness (QED) is 0.599. The molecule has 1 aromatic rings. The standard InChI is InChI=1S/C12H20N4O3S/c13-10-9(11(19)14-8(6-17)7-18)20-12(15-10)16-4-2-1-3-5-16/h8,17-18H,1-7,13H2,(H,14,19). The summed E-state index contributed by atoms with van der Waals surface area (Å²) in [6, 6.07) is -0.678. The Hall–Kier alpha value is -1.38. The lowest BCUT2D eigenvalue weighted by molar-refractivity contribution is 0.0884. The topological polar surface area (TPSA) is 112 Å². The molecule has 1 aromatic heterocycles. The fourth-order valence-corrected chi connectivity index (χ4v) is 3.04. The molecule has 20 heavy (non-hydrogen) atoms. The molecule has 5 N–H and O–H groups in total. The van der Waals surface area contributed by atoms with Crippen molar-refractivity contribution in [2.75, 3.05) is 36.9 Å². The lowest BCUT2D eigenvalue weighted by atomic mass is 10.1. The third-order valence-corrected chi connectivity index (χ3v) is 4.38. The van der Waals surface area contributed by atoms with E-state index in [0.29, 0.717) is 4.88 Å². The summed E-state index contributed by atoms with van der Waals surface area (Å²) in [4.78, 5) is 18.7. The van der Waals surface area contributed by atoms with Gasteiger partial charge in [0.15, 0.2) is 5.13 Å². The van der Waals surface area contributed by atoms with Gasteiger partial charge in [0, 0.05) is 13.1 Å². The first-order chi connectivity index (χ1) is 9.65. The molecule has 1 amide bonds. The Bertz CT molecular complexity index is 456. The smallest absolute Gasteiger partial charge is 0.265 e. The van der Waals surface area contributed by atoms with Crippen LogP contribution < -0.4 is 16.0 Å². The third-order valence-electron chi connectivity index (χ3n) is 3.25. The van der Waals surface area contributed by atoms with Gasteiger partial charge in [0.1, 0.15) is 10.7 Å². The van der Waals surface area contributed by atoms with Crippen molar-refractivity contribution in [2.24, 2.45) is 0 Å². The van der Waals surface area contributed by atoms with Gasteiger partial charge < -0.3 is 26.2 Å². The van der Waals surface area contributed by atoms with E-state index in [-0.39, 0.29) is 19.0 Å². The summed E-state index contributed by atoms with van der Waals surface area (Å²) in [6.07, 6.45) is 3.47. The highest BCUT2D eigenvalue weighted by Gasteiger charge is 2.22. The minimum Gasteiger partial charge on any atom is -0.394 e. The molecular weight excluding hydrogens is 280 g/mol. The van der Waals surface area contributed by atoms with E-state index in [2.05, 4.69) is 15.2 Å². The predicted octanol–water partition coefficient (Wildman–Crippen LogP) is -0.201. The van der Waals surface area contributed by atoms with Crippen molar-refractivity contribution in [2.45, 2.75) is 25.3 Å². The number of hydrogen-bond donors (Lipinski definition) is 4. The van der Waals surface area contributed by atoms with Gasteiger partial charge in [0.25, 0.3) is 5.91 Å². The van der Waals surface area contributed by atoms with E-state index in [1.54, 1.807) is 0 Å². The fraction of sp³-hybridized carbons (Fsp3) is 0.667. The van der Waals surface area contributed by atoms with Gasteiger partial charge in [-0.3, -0.25) is 4.79 Å². The average Bonchev–Trinajstić information content (AvgIpc) is 2.87. The number of nitrogen functional groups attached to an aromatic ring is 1. The predicted molar refractivity (Wildman–Crippen MR) is 78.0 cm³/mol. The van der Waals surface area contributed by atoms with E-state index in [1.165, 1.54) is 17.8 Å². The molecule has 2 rings (SSSR count). The maximum Gasteiger partial charge on any atom is 0.265 e. The molecule has 0 atom stereocenters. The number of aliphatic hydroxyl groups is 2. The molecule has 0 unspecified atom stereocenters. The minimum atomic E-state index is -0.678. The van der Waals surface area contributed by atoms with Gasteiger partial charge in [-0.1, -0.05) is 11.3 Å². The number of piperidine rings is 1. The molecular formula is C12H20N4O3S. The van der Waals surface area contributed by atoms with Crippen LogP contribution in [0.3, 0.4) is 0 Å². The summed E-state index contributed by atoms with van der Waals surface area (Å²) in [7, 11) is 0. The molecule has 8 heteroatoms. The van der Waals surface area contributed by atoms with E-state index < -0.39 is 11.9 Å². The second kappa shape index (κ2) is 6.87. The first kappa shape index (κ1) is 15.0. The molecule has 0 aliphatic carbocycles. The molecule has 0 spiro atoms. The van der Waals surface area contributed by atoms with Gasteiger partial charge in [0.05, 0.1) is 19.3 Å². The molecule has 112 valence electrons. The number of amides is 1. The monoisotopic (exact) mass is 300 g/mol. The second-order valence-corrected chi connectivity index (χ2v) is 5.77. The van der Waals surface area contributed by atoms with E-state index in [9.17, 15) is 4.79 Å². The van der Waals surface area contributed by atoms with Crippen molar-refractivity contribution in [3.05, 3.63) is 4.88 Å². The molecule has 0 bridgehead atoms. The lowest BCUT2D eigenvalue weighted by Crippen LogP contribution is -2.40. The number of rotatable bonds is 5. The maximum absolute atomic E-state index is 12.0. The van der Waals surface area contributed by atoms with Crippen LogP contribution in [0.15, 0.2) is 0 Å². The summed E-state index contributed by atoms with van der Waals surface area (Å²) in [5.74, 6) is -0.209. The normalized spacial score (nSPS) is 15.7. The first-order valence-corrected chi connectivity index (χ1v) is 7.51. The second-order valence-electron chi connectivity index (χ2n) is 4.79. The number of nitrogens with zero attached hydrogens (tertiary/aromatic N) is 2. The van der Waals surface area contributed by atoms with Crippen molar-refractivity contribution in [3.8, 4) is 0 Å². The van der Waals surface area contributed by atoms with Crippen LogP contribution in [0, 0.1) is 0 Å². The van der Waals surface area contributed by atoms with Gasteiger partial charge in [0.2, 0.25) is 0 Å². The zero-order chi connectivity index (χ0) is 14.5. The Labute approximate surface area is 121 Å². The molecule has 0 saturated carbocycles. The van der Waals surface area contributed by atoms with Crippen molar-refractivity contribution >= 4 is 28.2 Å². The van der Waals surface area contributed by atoms with Crippen LogP contribution in [0.25, 0.3) is 0 Å². The minimum absolute atomic E-state index is 0.197. The van der Waals surface area contributed by atoms with Crippen LogP contribution in [0.1, 0.15) is 28.9 Å². The molecule has 0 radical (unpaired) electrons. The van der Waals surface area contributed by atoms with Crippen molar-refractivity contribution < 1.29 is 15.0 Å². The van der Waals surface area contributed by atoms with E-state index in [1.807, 2.05) is 0 Å². The first-order valence-electron chi connectivity index (χ1n) is 6.69. The molecule has 2 heterocycles. The molecule has 1 aliphatic rings. The zero-order valence-electron chi connectivity index (χ0n) is 11.2. The Balaban J connectivity index is 2.08. The Morgan fingerprint density at radius 2 is 2.00 bits per heavy atom. The van der Waals surface area contributed by atoms with Crippen LogP contribution >= 0.6 is 11.3 Å². The van der Waals surface area contributed by atoms with Crippen LogP contribution in [0.4, 0.5) is 10.9 Å². The lowest BCUT2D eigenvalue weighted by Gasteiger charge is -2.25. The highest BCUT2D eigenvalue weighted by atomic mass is 32.1. The van der Waals surface area contributed by atoms with Crippen molar-refractivity contribution in [1.29, 1.82) is 0 Å². The van der Waals surface area contributed by atoms with Gasteiger partial charge in [-0.15, -0.1) is 0 Å². The molecule has 1 aliphatic heterocycles. The van der Waals surface area contributed by atoms with E-state index in [0.717, 1.165) is 31.1 Å². The largest absolute Gasteiger partial charge is 0.394 e. The summed E-state index contributed by atoms with van der Waals surface area (Å²) < 4.78 is 0. The third kappa shape index (κ3) is 3.38. The van der Waals surface area contributed by atoms with Gasteiger partial charge in [-0.25, -0.2) is 4.98 Å². The average molecular weight is 300 g/mol. The van der Waals surface area contributed by atoms with Gasteiger partial charge in [-0.2, -0.15) is 0 Å². The number of anilines is 2. The number of carbonyl (C=O) groups is 1. The fourth-order valence-electron chi connectivity index (χ4n) is 2.10. The zero-order valence-corrected chi connectivity index (χ0v) is 12.0. The number of aromatic nitrogens is 1. The number of aliphatic hydroxyl groups excluding tert-OH is 2. The summed E-state index contributed by atoms with van der Waals surface area (Å²) >= 11 is 1.25. The SMILES string of the molecule is Nc1nc(N2CCCCC2)sc1C(=O)NC(CO)CO. The van der Waals surface area contributed by atoms with Crippen molar-refractivity contribution in [3.63, 3.8) is 0 Å². The van der Waals surface area contributed by atoms with Gasteiger partial charge >= 0.3 is 0 Å². The summed E-state index contributed by atoms with van der Waals surface area (Å²) in [5.41, 5.74) is 5.79. The number of thiazole rings is 1. The molecule has 1 fully saturated rings. The maximum atomic E-state index is 12.0. The highest BCUT2D eigenvalue weighted by Crippen LogP contribution is 2.29. The van der Waals surface area contributed by atoms with Crippen LogP contribution in [-0.4, -0.2) is 53.4 Å². The Kier molecular flexibility index (Phi) is 5.16. The summed E-state index contributed by atoms with van der Waals surface area (Å²) in [5, 5.41) is 21.2. The molecule has 7 nitrogen and oxygen atoms in total. The van der Waals surface area contributed by atoms with Gasteiger partial charge in [-0.05, 0) is 19.3 Å². The number of nitrogens with two attached hydrogens (primary N) is 1. The molecule has 1 saturated heterocycles. The Morgan fingerprint density at radius 1 is 1.35 bits per heavy atom. The van der Waals surface area contributed by atoms with Crippen LogP contribution in [0.5, 0.6) is 0 Å². The van der Waals surface area contributed by atoms with E-state index >= 15 is 0 Å². The van der Waals surface area contributed by atoms with Crippen LogP contribution in [-0.2, 0) is 0 Å². The van der Waals surface area contributed by atoms with E-state index in [4.69, 9.17) is 15.9 Å². The van der Waals surface area contributed by atoms with Crippen molar-refractivity contribution in [1.82, 2.24) is 10.3 Å². The highest BCUT2D eigenvalue weighted by molar-refractivity contribution is 7.18. The number of nitrogens with one attached hydrogen (secondary N) is 1. The number of carbonyl (C=O) groups excluding carboxylic acids is 1. The van der Waals surface area contributed by atoms with Crippen LogP contribution in [0.2, 0.25) is 0 Å². The summed E-state index contributed by atoms with van der Waals surface area (Å²) in [6.45, 7) is 1.23. The number of hydrogen-bond acceptors (Lipinski definition) is 7. The Morgan fingerprint density at radius 3 is 2.60 bits per heavy atom. The molecule has 0 aromatic carbocycles.